The van der Waals surface area contributed by atoms with Crippen LogP contribution >= 0.6 is 0 Å². The average Bonchev–Trinajstić information content (AvgIpc) is 2.76. The number of halogens is 2. The quantitative estimate of drug-likeness (QED) is 0.819. The molecule has 5 heteroatoms. The Morgan fingerprint density at radius 2 is 2.18 bits per heavy atom. The first-order valence-electron chi connectivity index (χ1n) is 5.55. The van der Waals surface area contributed by atoms with Crippen LogP contribution in [0.4, 0.5) is 8.78 Å². The Balaban J connectivity index is 2.15. The van der Waals surface area contributed by atoms with Gasteiger partial charge in [0.05, 0.1) is 5.56 Å². The van der Waals surface area contributed by atoms with Crippen LogP contribution in [-0.4, -0.2) is 25.0 Å². The summed E-state index contributed by atoms with van der Waals surface area (Å²) in [5.74, 6) is -1.95. The molecular weight excluding hydrogens is 226 g/mol. The van der Waals surface area contributed by atoms with E-state index in [0.717, 1.165) is 19.0 Å². The normalized spacial score (nSPS) is 19.4. The molecule has 1 heterocycles. The Morgan fingerprint density at radius 1 is 1.41 bits per heavy atom. The molecule has 1 aliphatic rings. The molecule has 0 radical (unpaired) electrons. The zero-order valence-electron chi connectivity index (χ0n) is 9.52. The number of hydrogen-bond acceptors (Lipinski definition) is 2. The molecule has 0 saturated carbocycles. The molecule has 1 aromatic rings. The lowest BCUT2D eigenvalue weighted by Crippen LogP contribution is -2.36. The summed E-state index contributed by atoms with van der Waals surface area (Å²) in [6.45, 7) is 3.03. The molecule has 1 unspecified atom stereocenters. The predicted octanol–water partition coefficient (Wildman–Crippen LogP) is 1.36. The van der Waals surface area contributed by atoms with Crippen molar-refractivity contribution in [3.05, 3.63) is 34.9 Å². The molecular formula is C12H14F2N2O. The Kier molecular flexibility index (Phi) is 3.38. The van der Waals surface area contributed by atoms with E-state index >= 15 is 0 Å². The standard InChI is InChI=1S/C12H14F2N2O/c1-7-4-9(11(14)5-10(7)13)12(17)16-8-2-3-15-6-8/h4-5,8,15H,2-3,6H2,1H3,(H,16,17). The zero-order chi connectivity index (χ0) is 12.4. The number of hydrogen-bond donors (Lipinski definition) is 2. The third kappa shape index (κ3) is 2.61. The van der Waals surface area contributed by atoms with Gasteiger partial charge in [0.15, 0.2) is 0 Å². The summed E-state index contributed by atoms with van der Waals surface area (Å²) in [5.41, 5.74) is 0.164. The topological polar surface area (TPSA) is 41.1 Å². The van der Waals surface area contributed by atoms with Gasteiger partial charge in [-0.05, 0) is 31.5 Å². The fraction of sp³-hybridized carbons (Fsp3) is 0.417. The van der Waals surface area contributed by atoms with E-state index in [2.05, 4.69) is 10.6 Å². The Bertz CT molecular complexity index is 442. The lowest BCUT2D eigenvalue weighted by atomic mass is 10.1. The minimum absolute atomic E-state index is 0.0206. The predicted molar refractivity (Wildman–Crippen MR) is 59.8 cm³/mol. The second kappa shape index (κ2) is 4.79. The summed E-state index contributed by atoms with van der Waals surface area (Å²) in [5, 5.41) is 5.81. The maximum absolute atomic E-state index is 13.4. The largest absolute Gasteiger partial charge is 0.348 e. The van der Waals surface area contributed by atoms with Crippen molar-refractivity contribution in [3.63, 3.8) is 0 Å². The third-order valence-electron chi connectivity index (χ3n) is 2.89. The molecule has 0 bridgehead atoms. The van der Waals surface area contributed by atoms with Crippen molar-refractivity contribution in [3.8, 4) is 0 Å². The number of carbonyl (C=O) groups excluding carboxylic acids is 1. The van der Waals surface area contributed by atoms with E-state index in [4.69, 9.17) is 0 Å². The Hall–Kier alpha value is -1.49. The molecule has 17 heavy (non-hydrogen) atoms. The van der Waals surface area contributed by atoms with Crippen LogP contribution in [0.5, 0.6) is 0 Å². The molecule has 1 fully saturated rings. The summed E-state index contributed by atoms with van der Waals surface area (Å²) < 4.78 is 26.5. The van der Waals surface area contributed by atoms with E-state index < -0.39 is 17.5 Å². The van der Waals surface area contributed by atoms with E-state index in [1.807, 2.05) is 0 Å². The summed E-state index contributed by atoms with van der Waals surface area (Å²) in [6.07, 6.45) is 0.827. The van der Waals surface area contributed by atoms with E-state index in [1.165, 1.54) is 13.0 Å². The number of benzene rings is 1. The van der Waals surface area contributed by atoms with Crippen LogP contribution in [0.3, 0.4) is 0 Å². The molecule has 3 nitrogen and oxygen atoms in total. The lowest BCUT2D eigenvalue weighted by molar-refractivity contribution is 0.0936. The van der Waals surface area contributed by atoms with Gasteiger partial charge >= 0.3 is 0 Å². The second-order valence-corrected chi connectivity index (χ2v) is 4.24. The van der Waals surface area contributed by atoms with Crippen molar-refractivity contribution in [1.82, 2.24) is 10.6 Å². The second-order valence-electron chi connectivity index (χ2n) is 4.24. The maximum Gasteiger partial charge on any atom is 0.254 e. The molecule has 92 valence electrons. The molecule has 0 aromatic heterocycles. The number of carbonyl (C=O) groups is 1. The molecule has 1 saturated heterocycles. The smallest absolute Gasteiger partial charge is 0.254 e. The van der Waals surface area contributed by atoms with Gasteiger partial charge in [-0.1, -0.05) is 0 Å². The summed E-state index contributed by atoms with van der Waals surface area (Å²) in [4.78, 5) is 11.8. The summed E-state index contributed by atoms with van der Waals surface area (Å²) in [7, 11) is 0. The van der Waals surface area contributed by atoms with Crippen LogP contribution < -0.4 is 10.6 Å². The number of rotatable bonds is 2. The highest BCUT2D eigenvalue weighted by atomic mass is 19.1. The van der Waals surface area contributed by atoms with Gasteiger partial charge in [-0.15, -0.1) is 0 Å². The zero-order valence-corrected chi connectivity index (χ0v) is 9.52. The van der Waals surface area contributed by atoms with Crippen LogP contribution in [0.1, 0.15) is 22.3 Å². The molecule has 1 aliphatic heterocycles. The van der Waals surface area contributed by atoms with Crippen molar-refractivity contribution >= 4 is 5.91 Å². The molecule has 0 spiro atoms. The maximum atomic E-state index is 13.4. The van der Waals surface area contributed by atoms with E-state index in [-0.39, 0.29) is 17.2 Å². The minimum Gasteiger partial charge on any atom is -0.348 e. The highest BCUT2D eigenvalue weighted by Gasteiger charge is 2.20. The monoisotopic (exact) mass is 240 g/mol. The number of nitrogens with one attached hydrogen (secondary N) is 2. The van der Waals surface area contributed by atoms with Gasteiger partial charge in [0, 0.05) is 18.7 Å². The SMILES string of the molecule is Cc1cc(C(=O)NC2CCNC2)c(F)cc1F. The molecule has 1 amide bonds. The Morgan fingerprint density at radius 3 is 2.82 bits per heavy atom. The molecule has 1 aromatic carbocycles. The van der Waals surface area contributed by atoms with Crippen molar-refractivity contribution < 1.29 is 13.6 Å². The van der Waals surface area contributed by atoms with Crippen LogP contribution in [0.2, 0.25) is 0 Å². The van der Waals surface area contributed by atoms with Crippen LogP contribution in [0, 0.1) is 18.6 Å². The molecule has 1 atom stereocenters. The van der Waals surface area contributed by atoms with Gasteiger partial charge < -0.3 is 10.6 Å². The third-order valence-corrected chi connectivity index (χ3v) is 2.89. The Labute approximate surface area is 98.2 Å². The average molecular weight is 240 g/mol. The summed E-state index contributed by atoms with van der Waals surface area (Å²) >= 11 is 0. The van der Waals surface area contributed by atoms with Crippen molar-refractivity contribution in [2.45, 2.75) is 19.4 Å². The molecule has 0 aliphatic carbocycles. The number of aryl methyl sites for hydroxylation is 1. The van der Waals surface area contributed by atoms with Gasteiger partial charge in [0.2, 0.25) is 0 Å². The van der Waals surface area contributed by atoms with Crippen molar-refractivity contribution in [2.24, 2.45) is 0 Å². The van der Waals surface area contributed by atoms with Gasteiger partial charge in [0.1, 0.15) is 11.6 Å². The first kappa shape index (κ1) is 12.0. The van der Waals surface area contributed by atoms with Gasteiger partial charge in [-0.2, -0.15) is 0 Å². The van der Waals surface area contributed by atoms with Crippen molar-refractivity contribution in [2.75, 3.05) is 13.1 Å². The van der Waals surface area contributed by atoms with Crippen LogP contribution in [0.15, 0.2) is 12.1 Å². The molecule has 2 rings (SSSR count). The van der Waals surface area contributed by atoms with Gasteiger partial charge in [-0.25, -0.2) is 8.78 Å². The van der Waals surface area contributed by atoms with E-state index in [9.17, 15) is 13.6 Å². The fourth-order valence-electron chi connectivity index (χ4n) is 1.87. The number of amides is 1. The van der Waals surface area contributed by atoms with Crippen LogP contribution in [-0.2, 0) is 0 Å². The molecule has 2 N–H and O–H groups in total. The lowest BCUT2D eigenvalue weighted by Gasteiger charge is -2.12. The van der Waals surface area contributed by atoms with Gasteiger partial charge in [-0.3, -0.25) is 4.79 Å². The summed E-state index contributed by atoms with van der Waals surface area (Å²) in [6, 6.07) is 2.01. The fourth-order valence-corrected chi connectivity index (χ4v) is 1.87. The van der Waals surface area contributed by atoms with Crippen molar-refractivity contribution in [1.29, 1.82) is 0 Å². The van der Waals surface area contributed by atoms with Crippen LogP contribution in [0.25, 0.3) is 0 Å². The first-order valence-corrected chi connectivity index (χ1v) is 5.55. The minimum atomic E-state index is -0.823. The van der Waals surface area contributed by atoms with E-state index in [1.54, 1.807) is 0 Å². The first-order chi connectivity index (χ1) is 8.08. The highest BCUT2D eigenvalue weighted by molar-refractivity contribution is 5.94. The van der Waals surface area contributed by atoms with E-state index in [0.29, 0.717) is 6.54 Å². The highest BCUT2D eigenvalue weighted by Crippen LogP contribution is 2.14. The van der Waals surface area contributed by atoms with Gasteiger partial charge in [0.25, 0.3) is 5.91 Å².